The molecule has 0 bridgehead atoms. The van der Waals surface area contributed by atoms with Crippen molar-refractivity contribution in [1.82, 2.24) is 0 Å². The zero-order valence-electron chi connectivity index (χ0n) is 11.1. The van der Waals surface area contributed by atoms with Crippen LogP contribution in [-0.2, 0) is 20.7 Å². The maximum atomic E-state index is 11.6. The lowest BCUT2D eigenvalue weighted by Gasteiger charge is -2.06. The molecular formula is C15H15NO3S. The topological polar surface area (TPSA) is 55.4 Å². The highest BCUT2D eigenvalue weighted by Crippen LogP contribution is 2.09. The molecule has 0 saturated heterocycles. The van der Waals surface area contributed by atoms with E-state index in [0.717, 1.165) is 11.1 Å². The fourth-order valence-corrected chi connectivity index (χ4v) is 2.26. The zero-order valence-corrected chi connectivity index (χ0v) is 11.9. The molecule has 4 nitrogen and oxygen atoms in total. The Kier molecular flexibility index (Phi) is 4.90. The molecule has 0 atom stereocenters. The Morgan fingerprint density at radius 2 is 1.95 bits per heavy atom. The number of anilines is 1. The third kappa shape index (κ3) is 4.51. The number of hydrogen-bond donors (Lipinski definition) is 1. The van der Waals surface area contributed by atoms with Gasteiger partial charge >= 0.3 is 5.97 Å². The van der Waals surface area contributed by atoms with Crippen LogP contribution in [0.25, 0.3) is 0 Å². The molecule has 0 unspecified atom stereocenters. The molecule has 0 aliphatic rings. The second-order valence-corrected chi connectivity index (χ2v) is 5.16. The molecule has 0 aliphatic carbocycles. The Balaban J connectivity index is 1.74. The number of esters is 1. The van der Waals surface area contributed by atoms with Gasteiger partial charge in [-0.3, -0.25) is 9.59 Å². The predicted octanol–water partition coefficient (Wildman–Crippen LogP) is 2.78. The van der Waals surface area contributed by atoms with Crippen molar-refractivity contribution in [2.75, 3.05) is 11.9 Å². The largest absolute Gasteiger partial charge is 0.455 e. The quantitative estimate of drug-likeness (QED) is 0.861. The normalized spacial score (nSPS) is 10.1. The lowest BCUT2D eigenvalue weighted by molar-refractivity contribution is -0.146. The van der Waals surface area contributed by atoms with Crippen molar-refractivity contribution >= 4 is 28.9 Å². The minimum atomic E-state index is -0.401. The molecule has 1 aromatic heterocycles. The zero-order chi connectivity index (χ0) is 14.4. The fraction of sp³-hybridized carbons (Fsp3) is 0.200. The standard InChI is InChI=1S/C15H15NO3S/c1-11-2-4-13(5-3-11)16-14(17)9-19-15(18)8-12-6-7-20-10-12/h2-7,10H,8-9H2,1H3,(H,16,17). The van der Waals surface area contributed by atoms with E-state index in [2.05, 4.69) is 5.32 Å². The Bertz CT molecular complexity index is 576. The maximum absolute atomic E-state index is 11.6. The van der Waals surface area contributed by atoms with Crippen molar-refractivity contribution in [3.8, 4) is 0 Å². The van der Waals surface area contributed by atoms with Crippen LogP contribution in [0.1, 0.15) is 11.1 Å². The molecule has 0 radical (unpaired) electrons. The van der Waals surface area contributed by atoms with Gasteiger partial charge < -0.3 is 10.1 Å². The summed E-state index contributed by atoms with van der Waals surface area (Å²) in [5.74, 6) is -0.741. The lowest BCUT2D eigenvalue weighted by atomic mass is 10.2. The Morgan fingerprint density at radius 3 is 2.60 bits per heavy atom. The molecule has 0 aliphatic heterocycles. The fourth-order valence-electron chi connectivity index (χ4n) is 1.59. The Morgan fingerprint density at radius 1 is 1.20 bits per heavy atom. The van der Waals surface area contributed by atoms with E-state index in [-0.39, 0.29) is 18.9 Å². The number of thiophene rings is 1. The molecule has 1 heterocycles. The first kappa shape index (κ1) is 14.3. The lowest BCUT2D eigenvalue weighted by Crippen LogP contribution is -2.21. The van der Waals surface area contributed by atoms with Crippen molar-refractivity contribution in [1.29, 1.82) is 0 Å². The molecule has 2 rings (SSSR count). The van der Waals surface area contributed by atoms with E-state index in [9.17, 15) is 9.59 Å². The second-order valence-electron chi connectivity index (χ2n) is 4.38. The third-order valence-electron chi connectivity index (χ3n) is 2.63. The first-order valence-electron chi connectivity index (χ1n) is 6.17. The van der Waals surface area contributed by atoms with Crippen LogP contribution in [0.2, 0.25) is 0 Å². The van der Waals surface area contributed by atoms with E-state index in [1.54, 1.807) is 12.1 Å². The minimum absolute atomic E-state index is 0.196. The van der Waals surface area contributed by atoms with E-state index >= 15 is 0 Å². The first-order valence-corrected chi connectivity index (χ1v) is 7.11. The number of benzene rings is 1. The summed E-state index contributed by atoms with van der Waals surface area (Å²) in [7, 11) is 0. The van der Waals surface area contributed by atoms with Gasteiger partial charge in [0.25, 0.3) is 5.91 Å². The van der Waals surface area contributed by atoms with E-state index in [0.29, 0.717) is 5.69 Å². The monoisotopic (exact) mass is 289 g/mol. The van der Waals surface area contributed by atoms with Gasteiger partial charge in [-0.1, -0.05) is 17.7 Å². The molecular weight excluding hydrogens is 274 g/mol. The van der Waals surface area contributed by atoms with Gasteiger partial charge in [0.15, 0.2) is 6.61 Å². The van der Waals surface area contributed by atoms with Crippen LogP contribution < -0.4 is 5.32 Å². The SMILES string of the molecule is Cc1ccc(NC(=O)COC(=O)Cc2ccsc2)cc1. The summed E-state index contributed by atoms with van der Waals surface area (Å²) in [6.07, 6.45) is 0.196. The van der Waals surface area contributed by atoms with Gasteiger partial charge in [0.1, 0.15) is 0 Å². The van der Waals surface area contributed by atoms with Crippen LogP contribution in [-0.4, -0.2) is 18.5 Å². The summed E-state index contributed by atoms with van der Waals surface area (Å²) in [5.41, 5.74) is 2.71. The first-order chi connectivity index (χ1) is 9.63. The summed E-state index contributed by atoms with van der Waals surface area (Å²) in [6, 6.07) is 9.27. The molecule has 1 N–H and O–H groups in total. The van der Waals surface area contributed by atoms with Crippen molar-refractivity contribution in [2.24, 2.45) is 0 Å². The van der Waals surface area contributed by atoms with Crippen molar-refractivity contribution in [3.05, 3.63) is 52.2 Å². The van der Waals surface area contributed by atoms with Gasteiger partial charge in [-0.25, -0.2) is 0 Å². The predicted molar refractivity (Wildman–Crippen MR) is 78.8 cm³/mol. The number of aryl methyl sites for hydroxylation is 1. The van der Waals surface area contributed by atoms with E-state index in [4.69, 9.17) is 4.74 Å². The van der Waals surface area contributed by atoms with Crippen molar-refractivity contribution in [2.45, 2.75) is 13.3 Å². The van der Waals surface area contributed by atoms with Crippen LogP contribution >= 0.6 is 11.3 Å². The Labute approximate surface area is 121 Å². The molecule has 20 heavy (non-hydrogen) atoms. The highest BCUT2D eigenvalue weighted by Gasteiger charge is 2.09. The van der Waals surface area contributed by atoms with Crippen molar-refractivity contribution < 1.29 is 14.3 Å². The van der Waals surface area contributed by atoms with Gasteiger partial charge in [-0.2, -0.15) is 11.3 Å². The Hall–Kier alpha value is -2.14. The van der Waals surface area contributed by atoms with Crippen LogP contribution in [0.5, 0.6) is 0 Å². The number of ether oxygens (including phenoxy) is 1. The average molecular weight is 289 g/mol. The van der Waals surface area contributed by atoms with Crippen LogP contribution in [0.15, 0.2) is 41.1 Å². The summed E-state index contributed by atoms with van der Waals surface area (Å²) < 4.78 is 4.93. The van der Waals surface area contributed by atoms with Crippen LogP contribution in [0.4, 0.5) is 5.69 Å². The number of rotatable bonds is 5. The van der Waals surface area contributed by atoms with Gasteiger partial charge in [-0.15, -0.1) is 0 Å². The minimum Gasteiger partial charge on any atom is -0.455 e. The van der Waals surface area contributed by atoms with E-state index in [1.807, 2.05) is 35.9 Å². The average Bonchev–Trinajstić information content (AvgIpc) is 2.92. The number of carbonyl (C=O) groups is 2. The molecule has 0 saturated carbocycles. The van der Waals surface area contributed by atoms with Gasteiger partial charge in [0, 0.05) is 5.69 Å². The summed E-state index contributed by atoms with van der Waals surface area (Å²) in [5, 5.41) is 6.45. The molecule has 1 amide bonds. The molecule has 0 spiro atoms. The van der Waals surface area contributed by atoms with Crippen LogP contribution in [0.3, 0.4) is 0 Å². The third-order valence-corrected chi connectivity index (χ3v) is 3.36. The van der Waals surface area contributed by atoms with Gasteiger partial charge in [0.2, 0.25) is 0 Å². The van der Waals surface area contributed by atoms with E-state index < -0.39 is 5.97 Å². The molecule has 104 valence electrons. The van der Waals surface area contributed by atoms with Crippen LogP contribution in [0, 0.1) is 6.92 Å². The van der Waals surface area contributed by atoms with Crippen molar-refractivity contribution in [3.63, 3.8) is 0 Å². The molecule has 0 fully saturated rings. The van der Waals surface area contributed by atoms with Gasteiger partial charge in [0.05, 0.1) is 6.42 Å². The molecule has 5 heteroatoms. The highest BCUT2D eigenvalue weighted by atomic mass is 32.1. The summed E-state index contributed by atoms with van der Waals surface area (Å²) >= 11 is 1.52. The number of carbonyl (C=O) groups excluding carboxylic acids is 2. The molecule has 1 aromatic carbocycles. The number of nitrogens with one attached hydrogen (secondary N) is 1. The smallest absolute Gasteiger partial charge is 0.310 e. The summed E-state index contributed by atoms with van der Waals surface area (Å²) in [4.78, 5) is 23.1. The number of hydrogen-bond acceptors (Lipinski definition) is 4. The molecule has 2 aromatic rings. The highest BCUT2D eigenvalue weighted by molar-refractivity contribution is 7.07. The number of amides is 1. The van der Waals surface area contributed by atoms with Gasteiger partial charge in [-0.05, 0) is 41.4 Å². The van der Waals surface area contributed by atoms with E-state index in [1.165, 1.54) is 11.3 Å². The maximum Gasteiger partial charge on any atom is 0.310 e. The second kappa shape index (κ2) is 6.86. The summed E-state index contributed by atoms with van der Waals surface area (Å²) in [6.45, 7) is 1.70.